The van der Waals surface area contributed by atoms with E-state index in [4.69, 9.17) is 0 Å². The summed E-state index contributed by atoms with van der Waals surface area (Å²) in [5.74, 6) is 0.348. The summed E-state index contributed by atoms with van der Waals surface area (Å²) in [5.41, 5.74) is 2.34. The molecule has 2 aromatic rings. The van der Waals surface area contributed by atoms with Crippen LogP contribution in [0, 0.1) is 6.92 Å². The van der Waals surface area contributed by atoms with Crippen molar-refractivity contribution in [2.45, 2.75) is 6.92 Å². The van der Waals surface area contributed by atoms with Gasteiger partial charge in [0, 0.05) is 22.7 Å². The highest BCUT2D eigenvalue weighted by Gasteiger charge is 2.12. The maximum atomic E-state index is 12.2. The molecule has 2 aliphatic rings. The molecule has 0 unspecified atom stereocenters. The number of rotatable bonds is 1. The molecule has 6 nitrogen and oxygen atoms in total. The molecule has 2 N–H and O–H groups in total. The van der Waals surface area contributed by atoms with Crippen LogP contribution in [0.2, 0.25) is 0 Å². The van der Waals surface area contributed by atoms with Gasteiger partial charge in [-0.25, -0.2) is 9.67 Å². The minimum absolute atomic E-state index is 0.320. The molecular weight excluding hydrogens is 278 g/mol. The zero-order valence-corrected chi connectivity index (χ0v) is 11.9. The Balaban J connectivity index is 2.06. The van der Waals surface area contributed by atoms with E-state index in [0.717, 1.165) is 22.2 Å². The first-order chi connectivity index (χ1) is 10.6. The molecule has 0 saturated carbocycles. The van der Waals surface area contributed by atoms with Gasteiger partial charge in [0.25, 0.3) is 11.5 Å². The fraction of sp³-hybridized carbons (Fsp3) is 0.0625. The quantitative estimate of drug-likeness (QED) is 0.533. The Morgan fingerprint density at radius 2 is 2.09 bits per heavy atom. The van der Waals surface area contributed by atoms with E-state index in [0.29, 0.717) is 16.6 Å². The number of para-hydroxylation sites is 1. The number of aromatic amines is 2. The number of hydrogen-bond donors (Lipinski definition) is 2. The van der Waals surface area contributed by atoms with E-state index in [1.165, 1.54) is 0 Å². The number of nitrogens with one attached hydrogen (secondary N) is 2. The van der Waals surface area contributed by atoms with E-state index in [-0.39, 0.29) is 5.56 Å². The molecule has 0 saturated heterocycles. The summed E-state index contributed by atoms with van der Waals surface area (Å²) in [6.07, 6.45) is 3.67. The molecule has 0 atom stereocenters. The molecule has 108 valence electrons. The van der Waals surface area contributed by atoms with Gasteiger partial charge in [-0.1, -0.05) is 24.8 Å². The molecule has 6 heteroatoms. The van der Waals surface area contributed by atoms with E-state index in [2.05, 4.69) is 26.6 Å². The van der Waals surface area contributed by atoms with Crippen LogP contribution >= 0.6 is 0 Å². The van der Waals surface area contributed by atoms with Gasteiger partial charge in [-0.05, 0) is 19.1 Å². The zero-order valence-electron chi connectivity index (χ0n) is 11.9. The van der Waals surface area contributed by atoms with Gasteiger partial charge in [0.2, 0.25) is 0 Å². The Bertz CT molecular complexity index is 1130. The Hall–Kier alpha value is -3.15. The van der Waals surface area contributed by atoms with Crippen molar-refractivity contribution in [1.82, 2.24) is 24.7 Å². The predicted octanol–water partition coefficient (Wildman–Crippen LogP) is 0.422. The van der Waals surface area contributed by atoms with Gasteiger partial charge in [-0.3, -0.25) is 9.89 Å². The summed E-state index contributed by atoms with van der Waals surface area (Å²) in [6.45, 7) is 5.70. The predicted molar refractivity (Wildman–Crippen MR) is 84.5 cm³/mol. The summed E-state index contributed by atoms with van der Waals surface area (Å²) in [5, 5.41) is 5.17. The van der Waals surface area contributed by atoms with Gasteiger partial charge in [-0.2, -0.15) is 4.98 Å². The third-order valence-corrected chi connectivity index (χ3v) is 3.73. The number of imidazole rings is 1. The molecule has 22 heavy (non-hydrogen) atoms. The summed E-state index contributed by atoms with van der Waals surface area (Å²) in [7, 11) is 0. The number of hydrogen-bond acceptors (Lipinski definition) is 3. The first-order valence-corrected chi connectivity index (χ1v) is 6.85. The minimum Gasteiger partial charge on any atom is -0.361 e. The van der Waals surface area contributed by atoms with Gasteiger partial charge < -0.3 is 4.98 Å². The van der Waals surface area contributed by atoms with Gasteiger partial charge in [0.05, 0.1) is 11.0 Å². The van der Waals surface area contributed by atoms with Crippen LogP contribution in [0.1, 0.15) is 11.3 Å². The van der Waals surface area contributed by atoms with Crippen molar-refractivity contribution in [2.24, 2.45) is 0 Å². The molecule has 3 heterocycles. The van der Waals surface area contributed by atoms with E-state index >= 15 is 0 Å². The average Bonchev–Trinajstić information content (AvgIpc) is 3.03. The zero-order chi connectivity index (χ0) is 15.3. The normalized spacial score (nSPS) is 12.5. The Kier molecular flexibility index (Phi) is 2.53. The fourth-order valence-corrected chi connectivity index (χ4v) is 2.51. The summed E-state index contributed by atoms with van der Waals surface area (Å²) in [6, 6.07) is 7.92. The van der Waals surface area contributed by atoms with Crippen molar-refractivity contribution in [1.29, 1.82) is 0 Å². The molecule has 0 amide bonds. The van der Waals surface area contributed by atoms with Crippen LogP contribution in [-0.4, -0.2) is 24.7 Å². The van der Waals surface area contributed by atoms with Crippen LogP contribution in [0.15, 0.2) is 35.3 Å². The van der Waals surface area contributed by atoms with E-state index in [9.17, 15) is 4.79 Å². The molecule has 0 bridgehead atoms. The number of aromatic nitrogens is 5. The van der Waals surface area contributed by atoms with Crippen molar-refractivity contribution in [2.75, 3.05) is 0 Å². The standard InChI is InChI=1S/C16H13N5O/c1-9-10(2)20-21-14(15(22)19-16(21)18-9)7-11-8-17-13-6-4-3-5-12(11)13/h3-8,17,20H,2H2,1H3/b14-7+. The molecule has 1 aromatic carbocycles. The van der Waals surface area contributed by atoms with Crippen molar-refractivity contribution < 1.29 is 0 Å². The van der Waals surface area contributed by atoms with Crippen LogP contribution in [0.5, 0.6) is 0 Å². The van der Waals surface area contributed by atoms with Crippen LogP contribution < -0.4 is 16.3 Å². The second-order valence-corrected chi connectivity index (χ2v) is 5.16. The second kappa shape index (κ2) is 4.42. The van der Waals surface area contributed by atoms with Gasteiger partial charge in [0.1, 0.15) is 5.35 Å². The third-order valence-electron chi connectivity index (χ3n) is 3.73. The van der Waals surface area contributed by atoms with E-state index in [1.54, 1.807) is 10.8 Å². The van der Waals surface area contributed by atoms with Gasteiger partial charge in [-0.15, -0.1) is 0 Å². The first kappa shape index (κ1) is 12.6. The van der Waals surface area contributed by atoms with Crippen LogP contribution in [-0.2, 0) is 0 Å². The Morgan fingerprint density at radius 1 is 1.27 bits per heavy atom. The Labute approximate surface area is 124 Å². The Morgan fingerprint density at radius 3 is 2.95 bits per heavy atom. The molecule has 1 aromatic heterocycles. The monoisotopic (exact) mass is 291 g/mol. The number of H-pyrrole nitrogens is 2. The highest BCUT2D eigenvalue weighted by molar-refractivity contribution is 5.88. The molecule has 0 radical (unpaired) electrons. The maximum absolute atomic E-state index is 12.2. The lowest BCUT2D eigenvalue weighted by Crippen LogP contribution is -2.32. The fourth-order valence-electron chi connectivity index (χ4n) is 2.51. The smallest absolute Gasteiger partial charge is 0.299 e. The van der Waals surface area contributed by atoms with Gasteiger partial charge in [0.15, 0.2) is 0 Å². The lowest BCUT2D eigenvalue weighted by molar-refractivity contribution is 0.746. The van der Waals surface area contributed by atoms with Crippen molar-refractivity contribution in [3.8, 4) is 5.95 Å². The van der Waals surface area contributed by atoms with Crippen molar-refractivity contribution in [3.05, 3.63) is 62.8 Å². The highest BCUT2D eigenvalue weighted by Crippen LogP contribution is 2.17. The second-order valence-electron chi connectivity index (χ2n) is 5.16. The first-order valence-electron chi connectivity index (χ1n) is 6.85. The lowest BCUT2D eigenvalue weighted by atomic mass is 10.1. The van der Waals surface area contributed by atoms with E-state index in [1.807, 2.05) is 37.4 Å². The molecule has 0 aliphatic carbocycles. The van der Waals surface area contributed by atoms with Crippen LogP contribution in [0.25, 0.3) is 29.5 Å². The number of fused-ring (bicyclic) bond motifs is 2. The SMILES string of the molecule is C=c1[nH]n2/c(=C/c3c[nH]c4ccccc34)c(=O)nc-2nc1C. The number of nitrogens with zero attached hydrogens (tertiary/aromatic N) is 3. The topological polar surface area (TPSA) is 79.4 Å². The average molecular weight is 291 g/mol. The molecule has 0 fully saturated rings. The van der Waals surface area contributed by atoms with Gasteiger partial charge >= 0.3 is 0 Å². The molecule has 4 rings (SSSR count). The minimum atomic E-state index is -0.320. The number of benzene rings is 1. The summed E-state index contributed by atoms with van der Waals surface area (Å²) in [4.78, 5) is 23.6. The highest BCUT2D eigenvalue weighted by atomic mass is 16.1. The van der Waals surface area contributed by atoms with Crippen LogP contribution in [0.4, 0.5) is 0 Å². The third kappa shape index (κ3) is 1.77. The van der Waals surface area contributed by atoms with Crippen molar-refractivity contribution in [3.63, 3.8) is 0 Å². The van der Waals surface area contributed by atoms with E-state index < -0.39 is 0 Å². The number of aryl methyl sites for hydroxylation is 1. The molecule has 2 aliphatic heterocycles. The maximum Gasteiger partial charge on any atom is 0.299 e. The summed E-state index contributed by atoms with van der Waals surface area (Å²) < 4.78 is 1.57. The van der Waals surface area contributed by atoms with Crippen LogP contribution in [0.3, 0.4) is 0 Å². The largest absolute Gasteiger partial charge is 0.361 e. The summed E-state index contributed by atoms with van der Waals surface area (Å²) >= 11 is 0. The molecular formula is C16H13N5O. The van der Waals surface area contributed by atoms with Crippen molar-refractivity contribution >= 4 is 23.6 Å². The lowest BCUT2D eigenvalue weighted by Gasteiger charge is -2.03. The molecule has 0 spiro atoms.